The van der Waals surface area contributed by atoms with E-state index in [0.717, 1.165) is 25.1 Å². The van der Waals surface area contributed by atoms with Crippen molar-refractivity contribution in [2.45, 2.75) is 30.7 Å². The van der Waals surface area contributed by atoms with Gasteiger partial charge in [0.2, 0.25) is 5.91 Å². The molecule has 0 bridgehead atoms. The molecule has 0 aromatic heterocycles. The number of benzene rings is 1. The van der Waals surface area contributed by atoms with Crippen LogP contribution >= 0.6 is 24.2 Å². The molecular formula is C14H21ClN2OS. The second-order valence-electron chi connectivity index (χ2n) is 4.79. The minimum atomic E-state index is 0. The SMILES string of the molecule is CSc1ccc(NC(=O)[C@H]2CCN[C@@H](C)C2)cc1.Cl. The lowest BCUT2D eigenvalue weighted by atomic mass is 9.92. The lowest BCUT2D eigenvalue weighted by Crippen LogP contribution is -2.40. The number of halogens is 1. The molecule has 0 spiro atoms. The third-order valence-corrected chi connectivity index (χ3v) is 4.10. The van der Waals surface area contributed by atoms with E-state index in [4.69, 9.17) is 0 Å². The molecule has 0 unspecified atom stereocenters. The number of hydrogen-bond acceptors (Lipinski definition) is 3. The van der Waals surface area contributed by atoms with E-state index in [-0.39, 0.29) is 24.2 Å². The number of carbonyl (C=O) groups excluding carboxylic acids is 1. The van der Waals surface area contributed by atoms with Crippen LogP contribution in [0.15, 0.2) is 29.2 Å². The summed E-state index contributed by atoms with van der Waals surface area (Å²) >= 11 is 1.70. The van der Waals surface area contributed by atoms with E-state index in [1.165, 1.54) is 4.90 Å². The van der Waals surface area contributed by atoms with Gasteiger partial charge in [0.1, 0.15) is 0 Å². The van der Waals surface area contributed by atoms with Gasteiger partial charge in [0, 0.05) is 22.5 Å². The number of carbonyl (C=O) groups is 1. The number of anilines is 1. The van der Waals surface area contributed by atoms with Crippen molar-refractivity contribution in [2.75, 3.05) is 18.1 Å². The quantitative estimate of drug-likeness (QED) is 0.843. The van der Waals surface area contributed by atoms with E-state index >= 15 is 0 Å². The largest absolute Gasteiger partial charge is 0.326 e. The zero-order valence-electron chi connectivity index (χ0n) is 11.3. The van der Waals surface area contributed by atoms with Gasteiger partial charge in [-0.1, -0.05) is 0 Å². The molecular weight excluding hydrogens is 280 g/mol. The first-order valence-corrected chi connectivity index (χ1v) is 7.60. The van der Waals surface area contributed by atoms with E-state index in [0.29, 0.717) is 6.04 Å². The van der Waals surface area contributed by atoms with Gasteiger partial charge in [-0.3, -0.25) is 4.79 Å². The molecule has 1 aromatic carbocycles. The fourth-order valence-electron chi connectivity index (χ4n) is 2.29. The number of thioether (sulfide) groups is 1. The van der Waals surface area contributed by atoms with E-state index in [1.54, 1.807) is 11.8 Å². The predicted molar refractivity (Wildman–Crippen MR) is 84.3 cm³/mol. The Balaban J connectivity index is 0.00000180. The summed E-state index contributed by atoms with van der Waals surface area (Å²) in [5.74, 6) is 0.293. The molecule has 1 aliphatic rings. The highest BCUT2D eigenvalue weighted by Crippen LogP contribution is 2.21. The Labute approximate surface area is 125 Å². The normalized spacial score (nSPS) is 22.4. The van der Waals surface area contributed by atoms with Crippen molar-refractivity contribution in [3.8, 4) is 0 Å². The predicted octanol–water partition coefficient (Wildman–Crippen LogP) is 3.16. The van der Waals surface area contributed by atoms with Crippen LogP contribution in [0.1, 0.15) is 19.8 Å². The second kappa shape index (κ2) is 7.78. The summed E-state index contributed by atoms with van der Waals surface area (Å²) in [7, 11) is 0. The molecule has 1 fully saturated rings. The third-order valence-electron chi connectivity index (χ3n) is 3.35. The molecule has 106 valence electrons. The van der Waals surface area contributed by atoms with Crippen LogP contribution in [0, 0.1) is 5.92 Å². The Kier molecular flexibility index (Phi) is 6.69. The highest BCUT2D eigenvalue weighted by molar-refractivity contribution is 7.98. The Morgan fingerprint density at radius 3 is 2.63 bits per heavy atom. The Bertz CT molecular complexity index is 410. The summed E-state index contributed by atoms with van der Waals surface area (Å²) in [6, 6.07) is 8.44. The van der Waals surface area contributed by atoms with Crippen LogP contribution in [0.3, 0.4) is 0 Å². The number of amides is 1. The molecule has 1 aliphatic heterocycles. The van der Waals surface area contributed by atoms with Crippen LogP contribution in [-0.2, 0) is 4.79 Å². The molecule has 5 heteroatoms. The second-order valence-corrected chi connectivity index (χ2v) is 5.67. The molecule has 2 N–H and O–H groups in total. The maximum atomic E-state index is 12.1. The molecule has 1 heterocycles. The van der Waals surface area contributed by atoms with Crippen molar-refractivity contribution in [1.29, 1.82) is 0 Å². The molecule has 1 saturated heterocycles. The summed E-state index contributed by atoms with van der Waals surface area (Å²) in [5, 5.41) is 6.37. The monoisotopic (exact) mass is 300 g/mol. The van der Waals surface area contributed by atoms with E-state index in [2.05, 4.69) is 17.6 Å². The molecule has 19 heavy (non-hydrogen) atoms. The van der Waals surface area contributed by atoms with Crippen molar-refractivity contribution in [3.63, 3.8) is 0 Å². The van der Waals surface area contributed by atoms with E-state index < -0.39 is 0 Å². The Morgan fingerprint density at radius 2 is 2.05 bits per heavy atom. The minimum Gasteiger partial charge on any atom is -0.326 e. The zero-order valence-corrected chi connectivity index (χ0v) is 12.9. The van der Waals surface area contributed by atoms with Gasteiger partial charge in [-0.15, -0.1) is 24.2 Å². The lowest BCUT2D eigenvalue weighted by molar-refractivity contribution is -0.120. The summed E-state index contributed by atoms with van der Waals surface area (Å²) in [5.41, 5.74) is 0.893. The Hall–Kier alpha value is -0.710. The molecule has 3 nitrogen and oxygen atoms in total. The van der Waals surface area contributed by atoms with Gasteiger partial charge in [0.25, 0.3) is 0 Å². The molecule has 2 rings (SSSR count). The fourth-order valence-corrected chi connectivity index (χ4v) is 2.70. The van der Waals surface area contributed by atoms with Gasteiger partial charge < -0.3 is 10.6 Å². The molecule has 1 amide bonds. The van der Waals surface area contributed by atoms with E-state index in [1.807, 2.05) is 30.5 Å². The van der Waals surface area contributed by atoms with Gasteiger partial charge in [-0.25, -0.2) is 0 Å². The summed E-state index contributed by atoms with van der Waals surface area (Å²) < 4.78 is 0. The zero-order chi connectivity index (χ0) is 13.0. The first kappa shape index (κ1) is 16.3. The van der Waals surface area contributed by atoms with Crippen LogP contribution in [0.25, 0.3) is 0 Å². The van der Waals surface area contributed by atoms with Crippen molar-refractivity contribution in [2.24, 2.45) is 5.92 Å². The van der Waals surface area contributed by atoms with Gasteiger partial charge in [0.15, 0.2) is 0 Å². The highest BCUT2D eigenvalue weighted by atomic mass is 35.5. The first-order valence-electron chi connectivity index (χ1n) is 6.37. The van der Waals surface area contributed by atoms with Gasteiger partial charge >= 0.3 is 0 Å². The maximum absolute atomic E-state index is 12.1. The molecule has 0 saturated carbocycles. The van der Waals surface area contributed by atoms with Crippen LogP contribution in [0.2, 0.25) is 0 Å². The first-order chi connectivity index (χ1) is 8.69. The average molecular weight is 301 g/mol. The van der Waals surface area contributed by atoms with Crippen molar-refractivity contribution in [1.82, 2.24) is 5.32 Å². The van der Waals surface area contributed by atoms with Crippen molar-refractivity contribution in [3.05, 3.63) is 24.3 Å². The summed E-state index contributed by atoms with van der Waals surface area (Å²) in [6.45, 7) is 3.07. The van der Waals surface area contributed by atoms with Gasteiger partial charge in [-0.05, 0) is 56.8 Å². The molecule has 0 radical (unpaired) electrons. The Morgan fingerprint density at radius 1 is 1.37 bits per heavy atom. The maximum Gasteiger partial charge on any atom is 0.227 e. The number of rotatable bonds is 3. The average Bonchev–Trinajstić information content (AvgIpc) is 2.39. The smallest absolute Gasteiger partial charge is 0.227 e. The molecule has 2 atom stereocenters. The third kappa shape index (κ3) is 4.71. The van der Waals surface area contributed by atoms with E-state index in [9.17, 15) is 4.79 Å². The summed E-state index contributed by atoms with van der Waals surface area (Å²) in [6.07, 6.45) is 3.90. The fraction of sp³-hybridized carbons (Fsp3) is 0.500. The van der Waals surface area contributed by atoms with Gasteiger partial charge in [-0.2, -0.15) is 0 Å². The van der Waals surface area contributed by atoms with Gasteiger partial charge in [0.05, 0.1) is 0 Å². The standard InChI is InChI=1S/C14H20N2OS.ClH/c1-10-9-11(7-8-15-10)14(17)16-12-3-5-13(18-2)6-4-12;/h3-6,10-11,15H,7-9H2,1-2H3,(H,16,17);1H/t10-,11-;/m0./s1. The van der Waals surface area contributed by atoms with Crippen molar-refractivity contribution < 1.29 is 4.79 Å². The summed E-state index contributed by atoms with van der Waals surface area (Å²) in [4.78, 5) is 13.3. The van der Waals surface area contributed by atoms with Crippen LogP contribution in [0.5, 0.6) is 0 Å². The highest BCUT2D eigenvalue weighted by Gasteiger charge is 2.24. The topological polar surface area (TPSA) is 41.1 Å². The van der Waals surface area contributed by atoms with Crippen LogP contribution in [0.4, 0.5) is 5.69 Å². The van der Waals surface area contributed by atoms with Crippen LogP contribution < -0.4 is 10.6 Å². The van der Waals surface area contributed by atoms with Crippen LogP contribution in [-0.4, -0.2) is 24.7 Å². The minimum absolute atomic E-state index is 0. The molecule has 1 aromatic rings. The van der Waals surface area contributed by atoms with Crippen molar-refractivity contribution >= 4 is 35.8 Å². The molecule has 0 aliphatic carbocycles. The number of hydrogen-bond donors (Lipinski definition) is 2. The lowest BCUT2D eigenvalue weighted by Gasteiger charge is -2.27. The number of piperidine rings is 1. The number of nitrogens with one attached hydrogen (secondary N) is 2.